The minimum atomic E-state index is -1.25. The quantitative estimate of drug-likeness (QED) is 0.630. The fraction of sp³-hybridized carbons (Fsp3) is 0.786. The molecular formula is C14H22O4S. The van der Waals surface area contributed by atoms with Crippen molar-refractivity contribution in [2.24, 2.45) is 16.7 Å². The molecule has 2 rings (SSSR count). The van der Waals surface area contributed by atoms with E-state index in [0.29, 0.717) is 11.7 Å². The number of hydrogen-bond donors (Lipinski definition) is 1. The van der Waals surface area contributed by atoms with Crippen LogP contribution in [0.25, 0.3) is 0 Å². The summed E-state index contributed by atoms with van der Waals surface area (Å²) in [6.07, 6.45) is 3.65. The predicted molar refractivity (Wildman–Crippen MR) is 73.7 cm³/mol. The number of ether oxygens (including phenoxy) is 1. The Kier molecular flexibility index (Phi) is 3.89. The summed E-state index contributed by atoms with van der Waals surface area (Å²) in [6, 6.07) is 0. The van der Waals surface area contributed by atoms with Gasteiger partial charge < -0.3 is 9.84 Å². The van der Waals surface area contributed by atoms with E-state index < -0.39 is 16.8 Å². The van der Waals surface area contributed by atoms with Crippen molar-refractivity contribution in [2.75, 3.05) is 12.9 Å². The third kappa shape index (κ3) is 2.27. The number of aliphatic hydroxyl groups is 1. The number of esters is 1. The lowest BCUT2D eigenvalue weighted by molar-refractivity contribution is -0.134. The van der Waals surface area contributed by atoms with Gasteiger partial charge in [0.25, 0.3) is 0 Å². The average Bonchev–Trinajstić information content (AvgIpc) is 2.70. The first-order valence-corrected chi connectivity index (χ1v) is 8.03. The zero-order valence-corrected chi connectivity index (χ0v) is 12.5. The van der Waals surface area contributed by atoms with Gasteiger partial charge in [-0.3, -0.25) is 4.21 Å². The van der Waals surface area contributed by atoms with E-state index in [2.05, 4.69) is 18.6 Å². The van der Waals surface area contributed by atoms with Crippen LogP contribution in [0.1, 0.15) is 33.1 Å². The van der Waals surface area contributed by atoms with E-state index in [1.54, 1.807) is 0 Å². The summed E-state index contributed by atoms with van der Waals surface area (Å²) in [7, 11) is 0.0381. The number of carbonyl (C=O) groups is 1. The van der Waals surface area contributed by atoms with Gasteiger partial charge in [-0.1, -0.05) is 13.8 Å². The van der Waals surface area contributed by atoms with Gasteiger partial charge in [0, 0.05) is 33.5 Å². The van der Waals surface area contributed by atoms with Gasteiger partial charge in [-0.2, -0.15) is 0 Å². The molecule has 0 aliphatic heterocycles. The molecule has 0 radical (unpaired) electrons. The van der Waals surface area contributed by atoms with Gasteiger partial charge in [0.15, 0.2) is 0 Å². The Morgan fingerprint density at radius 1 is 1.53 bits per heavy atom. The summed E-state index contributed by atoms with van der Waals surface area (Å²) >= 11 is 0. The molecule has 4 nitrogen and oxygen atoms in total. The summed E-state index contributed by atoms with van der Waals surface area (Å²) < 4.78 is 16.6. The van der Waals surface area contributed by atoms with Crippen molar-refractivity contribution in [3.05, 3.63) is 11.5 Å². The van der Waals surface area contributed by atoms with Crippen molar-refractivity contribution in [1.82, 2.24) is 0 Å². The van der Waals surface area contributed by atoms with Crippen LogP contribution in [0.2, 0.25) is 0 Å². The van der Waals surface area contributed by atoms with Crippen LogP contribution >= 0.6 is 0 Å². The molecule has 0 unspecified atom stereocenters. The summed E-state index contributed by atoms with van der Waals surface area (Å²) in [4.78, 5) is 11.0. The minimum Gasteiger partial charge on any atom is -0.466 e. The zero-order valence-electron chi connectivity index (χ0n) is 11.7. The van der Waals surface area contributed by atoms with Crippen LogP contribution in [-0.4, -0.2) is 34.3 Å². The van der Waals surface area contributed by atoms with Gasteiger partial charge in [0.2, 0.25) is 0 Å². The Bertz CT molecular complexity index is 429. The number of hydrogen-bond acceptors (Lipinski definition) is 4. The van der Waals surface area contributed by atoms with E-state index >= 15 is 0 Å². The maximum absolute atomic E-state index is 12.1. The van der Waals surface area contributed by atoms with E-state index in [4.69, 9.17) is 0 Å². The van der Waals surface area contributed by atoms with Crippen molar-refractivity contribution in [2.45, 2.75) is 39.2 Å². The molecule has 0 heterocycles. The highest BCUT2D eigenvalue weighted by molar-refractivity contribution is 7.88. The van der Waals surface area contributed by atoms with Crippen LogP contribution in [0.5, 0.6) is 0 Å². The number of fused-ring (bicyclic) bond motifs is 2. The van der Waals surface area contributed by atoms with Crippen molar-refractivity contribution in [3.8, 4) is 0 Å². The molecule has 0 aromatic carbocycles. The molecule has 2 bridgehead atoms. The fourth-order valence-electron chi connectivity index (χ4n) is 3.88. The van der Waals surface area contributed by atoms with Crippen LogP contribution in [0, 0.1) is 16.7 Å². The van der Waals surface area contributed by atoms with Gasteiger partial charge in [0.05, 0.1) is 13.2 Å². The summed E-state index contributed by atoms with van der Waals surface area (Å²) in [6.45, 7) is 4.34. The van der Waals surface area contributed by atoms with Crippen molar-refractivity contribution in [3.63, 3.8) is 0 Å². The maximum Gasteiger partial charge on any atom is 0.331 e. The number of rotatable bonds is 4. The van der Waals surface area contributed by atoms with Gasteiger partial charge in [-0.15, -0.1) is 0 Å². The number of carbonyl (C=O) groups excluding carboxylic acids is 1. The van der Waals surface area contributed by atoms with Gasteiger partial charge in [-0.05, 0) is 30.6 Å². The lowest BCUT2D eigenvalue weighted by Crippen LogP contribution is -2.43. The van der Waals surface area contributed by atoms with Crippen LogP contribution in [0.4, 0.5) is 0 Å². The Hall–Kier alpha value is -0.680. The van der Waals surface area contributed by atoms with Crippen molar-refractivity contribution in [1.29, 1.82) is 0 Å². The van der Waals surface area contributed by atoms with E-state index in [-0.39, 0.29) is 16.9 Å². The lowest BCUT2D eigenvalue weighted by Gasteiger charge is -2.39. The molecule has 2 saturated carbocycles. The predicted octanol–water partition coefficient (Wildman–Crippen LogP) is 1.61. The molecule has 0 amide bonds. The molecule has 0 saturated heterocycles. The third-order valence-corrected chi connectivity index (χ3v) is 6.58. The molecule has 2 aliphatic carbocycles. The summed E-state index contributed by atoms with van der Waals surface area (Å²) in [5, 5.41) is 11.7. The monoisotopic (exact) mass is 286 g/mol. The standard InChI is InChI=1S/C14H22O4S/c1-13(2)10-4-6-14(13,11(15)8-10)9-19(17)7-5-12(16)18-3/h5,7,10-11,15H,4,6,8-9H2,1-3H3/b7-5-/t10-,11-,14-,19+/m1/s1. The molecule has 2 aliphatic rings. The van der Waals surface area contributed by atoms with E-state index in [1.165, 1.54) is 18.6 Å². The van der Waals surface area contributed by atoms with E-state index in [9.17, 15) is 14.1 Å². The van der Waals surface area contributed by atoms with Crippen LogP contribution in [-0.2, 0) is 20.3 Å². The molecule has 4 atom stereocenters. The number of methoxy groups -OCH3 is 1. The van der Waals surface area contributed by atoms with E-state index in [0.717, 1.165) is 19.3 Å². The second-order valence-corrected chi connectivity index (χ2v) is 7.54. The molecule has 19 heavy (non-hydrogen) atoms. The Morgan fingerprint density at radius 2 is 2.21 bits per heavy atom. The SMILES string of the molecule is COC(=O)/C=C\[S@](=O)C[C@]12CC[C@H](C[C@H]1O)C2(C)C. The second kappa shape index (κ2) is 5.02. The normalized spacial score (nSPS) is 37.7. The Labute approximate surface area is 116 Å². The molecule has 2 fully saturated rings. The van der Waals surface area contributed by atoms with Crippen LogP contribution < -0.4 is 0 Å². The first-order valence-electron chi connectivity index (χ1n) is 6.65. The highest BCUT2D eigenvalue weighted by atomic mass is 32.2. The van der Waals surface area contributed by atoms with Gasteiger partial charge >= 0.3 is 5.97 Å². The maximum atomic E-state index is 12.1. The molecule has 0 spiro atoms. The fourth-order valence-corrected chi connectivity index (χ4v) is 5.46. The highest BCUT2D eigenvalue weighted by Crippen LogP contribution is 2.65. The second-order valence-electron chi connectivity index (χ2n) is 6.22. The molecule has 0 aromatic rings. The van der Waals surface area contributed by atoms with Gasteiger partial charge in [0.1, 0.15) is 0 Å². The van der Waals surface area contributed by atoms with Gasteiger partial charge in [-0.25, -0.2) is 4.79 Å². The highest BCUT2D eigenvalue weighted by Gasteiger charge is 2.63. The first-order chi connectivity index (χ1) is 8.83. The molecule has 108 valence electrons. The number of aliphatic hydroxyl groups excluding tert-OH is 1. The van der Waals surface area contributed by atoms with Crippen LogP contribution in [0.15, 0.2) is 11.5 Å². The lowest BCUT2D eigenvalue weighted by atomic mass is 9.70. The van der Waals surface area contributed by atoms with Crippen molar-refractivity contribution >= 4 is 16.8 Å². The summed E-state index contributed by atoms with van der Waals surface area (Å²) in [5.74, 6) is 0.441. The Morgan fingerprint density at radius 3 is 2.68 bits per heavy atom. The average molecular weight is 286 g/mol. The third-order valence-electron chi connectivity index (χ3n) is 5.35. The smallest absolute Gasteiger partial charge is 0.331 e. The molecule has 0 aromatic heterocycles. The zero-order chi connectivity index (χ0) is 14.3. The van der Waals surface area contributed by atoms with Crippen molar-refractivity contribution < 1.29 is 18.8 Å². The van der Waals surface area contributed by atoms with E-state index in [1.807, 2.05) is 0 Å². The van der Waals surface area contributed by atoms with Crippen LogP contribution in [0.3, 0.4) is 0 Å². The minimum absolute atomic E-state index is 0.0151. The molecule has 5 heteroatoms. The first kappa shape index (κ1) is 14.7. The summed E-state index contributed by atoms with van der Waals surface area (Å²) in [5.41, 5.74) is -0.260. The topological polar surface area (TPSA) is 63.6 Å². The Balaban J connectivity index is 2.11. The largest absolute Gasteiger partial charge is 0.466 e. The molecular weight excluding hydrogens is 264 g/mol. The molecule has 1 N–H and O–H groups in total.